The molecule has 1 fully saturated rings. The third-order valence-electron chi connectivity index (χ3n) is 4.35. The Morgan fingerprint density at radius 3 is 2.50 bits per heavy atom. The number of halogens is 1. The first kappa shape index (κ1) is 16.4. The number of nitrogens with zero attached hydrogens (tertiary/aromatic N) is 2. The molecule has 1 N–H and O–H groups in total. The van der Waals surface area contributed by atoms with E-state index in [2.05, 4.69) is 15.2 Å². The summed E-state index contributed by atoms with van der Waals surface area (Å²) in [6.07, 6.45) is 6.71. The fourth-order valence-electron chi connectivity index (χ4n) is 2.94. The molecule has 3 rings (SSSR count). The highest BCUT2D eigenvalue weighted by molar-refractivity contribution is 5.92. The van der Waals surface area contributed by atoms with Gasteiger partial charge in [-0.3, -0.25) is 4.79 Å². The van der Waals surface area contributed by atoms with Gasteiger partial charge >= 0.3 is 0 Å². The van der Waals surface area contributed by atoms with Gasteiger partial charge < -0.3 is 10.2 Å². The van der Waals surface area contributed by atoms with E-state index in [0.717, 1.165) is 18.8 Å². The smallest absolute Gasteiger partial charge is 0.270 e. The van der Waals surface area contributed by atoms with Crippen LogP contribution in [0.5, 0.6) is 0 Å². The number of anilines is 1. The van der Waals surface area contributed by atoms with Crippen LogP contribution in [0.3, 0.4) is 0 Å². The fraction of sp³-hybridized carbons (Fsp3) is 0.368. The van der Waals surface area contributed by atoms with Crippen molar-refractivity contribution in [1.82, 2.24) is 10.3 Å². The van der Waals surface area contributed by atoms with Crippen LogP contribution in [0.25, 0.3) is 0 Å². The molecule has 5 heteroatoms. The van der Waals surface area contributed by atoms with Crippen molar-refractivity contribution in [2.75, 3.05) is 18.0 Å². The quantitative estimate of drug-likeness (QED) is 0.934. The molecule has 0 bridgehead atoms. The molecule has 126 valence electrons. The number of nitrogens with one attached hydrogen (secondary N) is 1. The number of hydrogen-bond acceptors (Lipinski definition) is 3. The molecular formula is C19H22FN3O. The number of carbonyl (C=O) groups is 1. The normalized spacial score (nSPS) is 15.0. The first-order chi connectivity index (χ1) is 11.7. The van der Waals surface area contributed by atoms with Crippen LogP contribution < -0.4 is 10.2 Å². The summed E-state index contributed by atoms with van der Waals surface area (Å²) in [6.45, 7) is 2.24. The second-order valence-electron chi connectivity index (χ2n) is 6.08. The van der Waals surface area contributed by atoms with Crippen molar-refractivity contribution in [3.8, 4) is 0 Å². The van der Waals surface area contributed by atoms with E-state index in [1.807, 2.05) is 6.07 Å². The zero-order valence-electron chi connectivity index (χ0n) is 13.7. The number of carbonyl (C=O) groups excluding carboxylic acids is 1. The third kappa shape index (κ3) is 4.10. The van der Waals surface area contributed by atoms with Crippen molar-refractivity contribution in [1.29, 1.82) is 0 Å². The highest BCUT2D eigenvalue weighted by atomic mass is 19.1. The van der Waals surface area contributed by atoms with Gasteiger partial charge in [-0.1, -0.05) is 31.0 Å². The molecule has 0 radical (unpaired) electrons. The predicted octanol–water partition coefficient (Wildman–Crippen LogP) is 3.53. The molecule has 2 heterocycles. The van der Waals surface area contributed by atoms with Crippen LogP contribution in [0, 0.1) is 5.82 Å². The molecule has 1 aliphatic rings. The number of amides is 1. The van der Waals surface area contributed by atoms with Crippen molar-refractivity contribution < 1.29 is 9.18 Å². The molecule has 24 heavy (non-hydrogen) atoms. The van der Waals surface area contributed by atoms with Crippen LogP contribution in [0.2, 0.25) is 0 Å². The van der Waals surface area contributed by atoms with Crippen LogP contribution >= 0.6 is 0 Å². The molecule has 1 saturated heterocycles. The van der Waals surface area contributed by atoms with Gasteiger partial charge in [0.1, 0.15) is 11.5 Å². The minimum absolute atomic E-state index is 0.154. The van der Waals surface area contributed by atoms with E-state index >= 15 is 0 Å². The standard InChI is InChI=1S/C19H22FN3O/c20-17-8-4-3-7-15(17)13-22-19(24)18-10-9-16(14-21-18)23-11-5-1-2-6-12-23/h3-4,7-10,14H,1-2,5-6,11-13H2,(H,22,24). The number of rotatable bonds is 4. The Kier molecular flexibility index (Phi) is 5.41. The van der Waals surface area contributed by atoms with Gasteiger partial charge in [-0.2, -0.15) is 0 Å². The Morgan fingerprint density at radius 1 is 1.08 bits per heavy atom. The van der Waals surface area contributed by atoms with Crippen LogP contribution in [-0.2, 0) is 6.54 Å². The first-order valence-electron chi connectivity index (χ1n) is 8.46. The zero-order chi connectivity index (χ0) is 16.8. The molecule has 0 atom stereocenters. The van der Waals surface area contributed by atoms with Crippen molar-refractivity contribution in [2.45, 2.75) is 32.2 Å². The Hall–Kier alpha value is -2.43. The SMILES string of the molecule is O=C(NCc1ccccc1F)c1ccc(N2CCCCCC2)cn1. The van der Waals surface area contributed by atoms with Crippen LogP contribution in [0.1, 0.15) is 41.7 Å². The second kappa shape index (κ2) is 7.90. The van der Waals surface area contributed by atoms with Gasteiger partial charge in [0.25, 0.3) is 5.91 Å². The summed E-state index contributed by atoms with van der Waals surface area (Å²) in [4.78, 5) is 18.8. The van der Waals surface area contributed by atoms with Crippen LogP contribution in [0.15, 0.2) is 42.6 Å². The molecular weight excluding hydrogens is 305 g/mol. The summed E-state index contributed by atoms with van der Waals surface area (Å²) < 4.78 is 13.6. The van der Waals surface area contributed by atoms with E-state index in [1.165, 1.54) is 31.7 Å². The van der Waals surface area contributed by atoms with E-state index in [0.29, 0.717) is 11.3 Å². The first-order valence-corrected chi connectivity index (χ1v) is 8.46. The van der Waals surface area contributed by atoms with Gasteiger partial charge in [0.15, 0.2) is 0 Å². The lowest BCUT2D eigenvalue weighted by Crippen LogP contribution is -2.26. The van der Waals surface area contributed by atoms with Gasteiger partial charge in [0.05, 0.1) is 11.9 Å². The van der Waals surface area contributed by atoms with E-state index in [1.54, 1.807) is 30.5 Å². The molecule has 0 unspecified atom stereocenters. The molecule has 1 amide bonds. The third-order valence-corrected chi connectivity index (χ3v) is 4.35. The van der Waals surface area contributed by atoms with E-state index < -0.39 is 0 Å². The van der Waals surface area contributed by atoms with E-state index in [-0.39, 0.29) is 18.3 Å². The van der Waals surface area contributed by atoms with Gasteiger partial charge in [0.2, 0.25) is 0 Å². The maximum Gasteiger partial charge on any atom is 0.270 e. The summed E-state index contributed by atoms with van der Waals surface area (Å²) in [5.41, 5.74) is 1.87. The van der Waals surface area contributed by atoms with E-state index in [9.17, 15) is 9.18 Å². The van der Waals surface area contributed by atoms with Gasteiger partial charge in [0, 0.05) is 25.2 Å². The summed E-state index contributed by atoms with van der Waals surface area (Å²) in [6, 6.07) is 10.1. The minimum atomic E-state index is -0.317. The lowest BCUT2D eigenvalue weighted by Gasteiger charge is -2.22. The largest absolute Gasteiger partial charge is 0.370 e. The maximum absolute atomic E-state index is 13.6. The molecule has 0 saturated carbocycles. The number of hydrogen-bond donors (Lipinski definition) is 1. The lowest BCUT2D eigenvalue weighted by molar-refractivity contribution is 0.0945. The molecule has 1 aromatic carbocycles. The lowest BCUT2D eigenvalue weighted by atomic mass is 10.2. The van der Waals surface area contributed by atoms with Gasteiger partial charge in [-0.05, 0) is 31.0 Å². The molecule has 1 aliphatic heterocycles. The average molecular weight is 327 g/mol. The zero-order valence-corrected chi connectivity index (χ0v) is 13.7. The number of pyridine rings is 1. The molecule has 0 spiro atoms. The number of benzene rings is 1. The Bertz CT molecular complexity index is 679. The summed E-state index contributed by atoms with van der Waals surface area (Å²) >= 11 is 0. The fourth-order valence-corrected chi connectivity index (χ4v) is 2.94. The number of aromatic nitrogens is 1. The predicted molar refractivity (Wildman–Crippen MR) is 92.5 cm³/mol. The van der Waals surface area contributed by atoms with Crippen molar-refractivity contribution in [3.63, 3.8) is 0 Å². The van der Waals surface area contributed by atoms with E-state index in [4.69, 9.17) is 0 Å². The summed E-state index contributed by atoms with van der Waals surface area (Å²) in [5, 5.41) is 2.71. The topological polar surface area (TPSA) is 45.2 Å². The van der Waals surface area contributed by atoms with Crippen molar-refractivity contribution >= 4 is 11.6 Å². The molecule has 1 aromatic heterocycles. The highest BCUT2D eigenvalue weighted by Crippen LogP contribution is 2.18. The molecule has 4 nitrogen and oxygen atoms in total. The maximum atomic E-state index is 13.6. The van der Waals surface area contributed by atoms with Crippen LogP contribution in [0.4, 0.5) is 10.1 Å². The van der Waals surface area contributed by atoms with Crippen molar-refractivity contribution in [2.24, 2.45) is 0 Å². The summed E-state index contributed by atoms with van der Waals surface area (Å²) in [5.74, 6) is -0.608. The van der Waals surface area contributed by atoms with Crippen molar-refractivity contribution in [3.05, 3.63) is 59.7 Å². The van der Waals surface area contributed by atoms with Gasteiger partial charge in [-0.25, -0.2) is 9.37 Å². The average Bonchev–Trinajstić information content (AvgIpc) is 2.90. The monoisotopic (exact) mass is 327 g/mol. The highest BCUT2D eigenvalue weighted by Gasteiger charge is 2.12. The molecule has 2 aromatic rings. The Labute approximate surface area is 141 Å². The summed E-state index contributed by atoms with van der Waals surface area (Å²) in [7, 11) is 0. The minimum Gasteiger partial charge on any atom is -0.370 e. The molecule has 0 aliphatic carbocycles. The van der Waals surface area contributed by atoms with Gasteiger partial charge in [-0.15, -0.1) is 0 Å². The second-order valence-corrected chi connectivity index (χ2v) is 6.08. The Morgan fingerprint density at radius 2 is 1.83 bits per heavy atom. The Balaban J connectivity index is 1.60. The van der Waals surface area contributed by atoms with Crippen LogP contribution in [-0.4, -0.2) is 24.0 Å².